The Morgan fingerprint density at radius 3 is 2.24 bits per heavy atom. The van der Waals surface area contributed by atoms with Crippen LogP contribution in [0.1, 0.15) is 27.2 Å². The molecule has 0 aliphatic carbocycles. The summed E-state index contributed by atoms with van der Waals surface area (Å²) in [6.45, 7) is 6.30. The Morgan fingerprint density at radius 1 is 1.29 bits per heavy atom. The van der Waals surface area contributed by atoms with E-state index in [4.69, 9.17) is 33.8 Å². The molecule has 0 saturated carbocycles. The van der Waals surface area contributed by atoms with Crippen molar-refractivity contribution in [3.63, 3.8) is 0 Å². The van der Waals surface area contributed by atoms with Gasteiger partial charge >= 0.3 is 11.1 Å². The highest BCUT2D eigenvalue weighted by Crippen LogP contribution is 2.27. The number of thiocarbonyl (C=S) groups is 1. The molecule has 0 aliphatic rings. The lowest BCUT2D eigenvalue weighted by molar-refractivity contribution is 0.340. The summed E-state index contributed by atoms with van der Waals surface area (Å²) in [5, 5.41) is 12.4. The molecular weight excluding hydrogens is 286 g/mol. The Morgan fingerprint density at radius 2 is 1.86 bits per heavy atom. The van der Waals surface area contributed by atoms with Crippen LogP contribution in [-0.2, 0) is 0 Å². The van der Waals surface area contributed by atoms with Crippen molar-refractivity contribution in [3.8, 4) is 5.75 Å². The molecule has 1 rings (SSSR count). The monoisotopic (exact) mass is 308 g/mol. The Labute approximate surface area is 130 Å². The summed E-state index contributed by atoms with van der Waals surface area (Å²) < 4.78 is 4.91. The van der Waals surface area contributed by atoms with Crippen molar-refractivity contribution in [1.29, 1.82) is 5.41 Å². The van der Waals surface area contributed by atoms with E-state index in [2.05, 4.69) is 5.10 Å². The normalized spacial score (nSPS) is 14.3. The molecule has 0 heterocycles. The van der Waals surface area contributed by atoms with Gasteiger partial charge in [-0.2, -0.15) is 0 Å². The van der Waals surface area contributed by atoms with Crippen LogP contribution in [0.2, 0.25) is 0 Å². The zero-order chi connectivity index (χ0) is 16.0. The lowest BCUT2D eigenvalue weighted by Crippen LogP contribution is -2.60. The fraction of sp³-hybridized carbons (Fsp3) is 0.357. The minimum atomic E-state index is -0.499. The first-order valence-electron chi connectivity index (χ1n) is 6.71. The van der Waals surface area contributed by atoms with Gasteiger partial charge in [0.1, 0.15) is 5.75 Å². The van der Waals surface area contributed by atoms with E-state index in [0.717, 1.165) is 11.5 Å². The van der Waals surface area contributed by atoms with Gasteiger partial charge in [0.15, 0.2) is 5.69 Å². The van der Waals surface area contributed by atoms with Crippen molar-refractivity contribution in [2.24, 2.45) is 16.6 Å². The van der Waals surface area contributed by atoms with Crippen molar-refractivity contribution < 1.29 is 4.74 Å². The molecule has 1 aromatic rings. The molecule has 5 N–H and O–H groups in total. The summed E-state index contributed by atoms with van der Waals surface area (Å²) in [4.78, 5) is 0. The second kappa shape index (κ2) is 7.14. The van der Waals surface area contributed by atoms with E-state index in [1.54, 1.807) is 24.3 Å². The highest BCUT2D eigenvalue weighted by Gasteiger charge is 2.40. The van der Waals surface area contributed by atoms with Gasteiger partial charge in [-0.3, -0.25) is 0 Å². The average molecular weight is 308 g/mol. The maximum atomic E-state index is 7.91. The molecule has 1 unspecified atom stereocenters. The van der Waals surface area contributed by atoms with Gasteiger partial charge < -0.3 is 16.2 Å². The van der Waals surface area contributed by atoms with Gasteiger partial charge in [-0.15, -0.1) is 0 Å². The molecule has 0 bridgehead atoms. The molecule has 1 aromatic carbocycles. The van der Waals surface area contributed by atoms with Crippen LogP contribution in [0, 0.1) is 5.41 Å². The number of guanidine groups is 1. The predicted octanol–water partition coefficient (Wildman–Crippen LogP) is 2.32. The molecule has 0 saturated heterocycles. The highest BCUT2D eigenvalue weighted by molar-refractivity contribution is 7.80. The summed E-state index contributed by atoms with van der Waals surface area (Å²) in [6, 6.07) is 7.09. The largest absolute Gasteiger partial charge is 0.494 e. The second-order valence-electron chi connectivity index (χ2n) is 4.47. The van der Waals surface area contributed by atoms with E-state index >= 15 is 0 Å². The fourth-order valence-corrected chi connectivity index (χ4v) is 2.04. The predicted molar refractivity (Wildman–Crippen MR) is 91.5 cm³/mol. The average Bonchev–Trinajstić information content (AvgIpc) is 2.45. The third-order valence-corrected chi connectivity index (χ3v) is 3.29. The number of nitrogens with two attached hydrogens (primary N) is 2. The SMILES string of the molecule is CCOc1ccc([N+](/N=C(\C)CC)(C(=N)N)C(N)=S)cc1. The Kier molecular flexibility index (Phi) is 5.80. The molecule has 7 heteroatoms. The summed E-state index contributed by atoms with van der Waals surface area (Å²) in [5.74, 6) is 0.474. The molecule has 114 valence electrons. The number of hydrogen-bond donors (Lipinski definition) is 3. The molecule has 1 atom stereocenters. The van der Waals surface area contributed by atoms with Gasteiger partial charge in [0.05, 0.1) is 12.3 Å². The number of quaternary nitrogens is 1. The van der Waals surface area contributed by atoms with E-state index in [-0.39, 0.29) is 11.1 Å². The van der Waals surface area contributed by atoms with Gasteiger partial charge in [-0.25, -0.2) is 5.41 Å². The lowest BCUT2D eigenvalue weighted by Gasteiger charge is -2.27. The number of ether oxygens (including phenoxy) is 1. The number of benzene rings is 1. The molecule has 0 spiro atoms. The van der Waals surface area contributed by atoms with E-state index < -0.39 is 4.59 Å². The van der Waals surface area contributed by atoms with Crippen LogP contribution in [0.15, 0.2) is 29.4 Å². The summed E-state index contributed by atoms with van der Waals surface area (Å²) >= 11 is 5.13. The quantitative estimate of drug-likeness (QED) is 0.256. The first kappa shape index (κ1) is 17.1. The van der Waals surface area contributed by atoms with Gasteiger partial charge in [0.2, 0.25) is 0 Å². The van der Waals surface area contributed by atoms with Crippen molar-refractivity contribution in [2.75, 3.05) is 6.61 Å². The summed E-state index contributed by atoms with van der Waals surface area (Å²) in [5.41, 5.74) is 13.0. The van der Waals surface area contributed by atoms with E-state index in [0.29, 0.717) is 18.7 Å². The van der Waals surface area contributed by atoms with E-state index in [9.17, 15) is 0 Å². The van der Waals surface area contributed by atoms with Gasteiger partial charge in [0.25, 0.3) is 0 Å². The van der Waals surface area contributed by atoms with Crippen LogP contribution >= 0.6 is 12.2 Å². The van der Waals surface area contributed by atoms with Crippen LogP contribution in [0.25, 0.3) is 0 Å². The first-order chi connectivity index (χ1) is 9.88. The van der Waals surface area contributed by atoms with Crippen LogP contribution < -0.4 is 20.8 Å². The molecular formula is C14H22N5OS+. The maximum Gasteiger partial charge on any atom is 0.332 e. The molecule has 0 aromatic heterocycles. The summed E-state index contributed by atoms with van der Waals surface area (Å²) in [6.07, 6.45) is 0.715. The molecule has 0 radical (unpaired) electrons. The fourth-order valence-electron chi connectivity index (χ4n) is 1.80. The third kappa shape index (κ3) is 3.56. The molecule has 0 fully saturated rings. The van der Waals surface area contributed by atoms with Crippen molar-refractivity contribution in [3.05, 3.63) is 24.3 Å². The number of nitrogens with zero attached hydrogens (tertiary/aromatic N) is 2. The second-order valence-corrected chi connectivity index (χ2v) is 4.89. The minimum Gasteiger partial charge on any atom is -0.494 e. The first-order valence-corrected chi connectivity index (χ1v) is 7.12. The van der Waals surface area contributed by atoms with Crippen LogP contribution in [0.5, 0.6) is 5.75 Å². The molecule has 0 aliphatic heterocycles. The summed E-state index contributed by atoms with van der Waals surface area (Å²) in [7, 11) is 0. The smallest absolute Gasteiger partial charge is 0.332 e. The molecule has 21 heavy (non-hydrogen) atoms. The van der Waals surface area contributed by atoms with Crippen LogP contribution in [-0.4, -0.2) is 23.4 Å². The Balaban J connectivity index is 3.42. The number of hydrogen-bond acceptors (Lipinski definition) is 4. The zero-order valence-electron chi connectivity index (χ0n) is 12.6. The van der Waals surface area contributed by atoms with E-state index in [1.807, 2.05) is 20.8 Å². The van der Waals surface area contributed by atoms with Gasteiger partial charge in [-0.1, -0.05) is 12.0 Å². The number of nitrogens with one attached hydrogen (secondary N) is 1. The Hall–Kier alpha value is -1.99. The zero-order valence-corrected chi connectivity index (χ0v) is 13.4. The van der Waals surface area contributed by atoms with Crippen molar-refractivity contribution >= 4 is 34.7 Å². The Bertz CT molecular complexity index is 539. The molecule has 0 amide bonds. The topological polar surface area (TPSA) is 97.5 Å². The third-order valence-electron chi connectivity index (χ3n) is 3.02. The van der Waals surface area contributed by atoms with E-state index in [1.165, 1.54) is 0 Å². The maximum absolute atomic E-state index is 7.91. The van der Waals surface area contributed by atoms with Gasteiger partial charge in [-0.05, 0) is 37.0 Å². The van der Waals surface area contributed by atoms with Crippen LogP contribution in [0.4, 0.5) is 5.69 Å². The minimum absolute atomic E-state index is 0.000500. The van der Waals surface area contributed by atoms with Gasteiger partial charge in [0, 0.05) is 24.4 Å². The highest BCUT2D eigenvalue weighted by atomic mass is 32.1. The van der Waals surface area contributed by atoms with Crippen molar-refractivity contribution in [1.82, 2.24) is 4.59 Å². The number of rotatable bonds is 5. The standard InChI is InChI=1S/C14H21N5OS/c1-4-10(3)18-19(13(15)16,14(17)21)11-6-8-12(9-7-11)20-5-2/h6-9H,4-5H2,1-3H3,(H4-,15,16,17,21)/p+1/b18-10+. The van der Waals surface area contributed by atoms with Crippen molar-refractivity contribution in [2.45, 2.75) is 27.2 Å². The lowest BCUT2D eigenvalue weighted by atomic mass is 10.2. The van der Waals surface area contributed by atoms with Crippen LogP contribution in [0.3, 0.4) is 0 Å². The molecule has 6 nitrogen and oxygen atoms in total.